The van der Waals surface area contributed by atoms with Gasteiger partial charge < -0.3 is 20.5 Å². The van der Waals surface area contributed by atoms with E-state index >= 15 is 0 Å². The van der Waals surface area contributed by atoms with Crippen molar-refractivity contribution in [2.75, 3.05) is 5.32 Å². The molecule has 1 aromatic heterocycles. The Hall–Kier alpha value is -4.53. The molecule has 0 radical (unpaired) electrons. The van der Waals surface area contributed by atoms with Crippen LogP contribution in [0.3, 0.4) is 0 Å². The second-order valence-electron chi connectivity index (χ2n) is 12.7. The number of hydrogen-bond donors (Lipinski definition) is 2. The lowest BCUT2D eigenvalue weighted by atomic mass is 9.88. The minimum atomic E-state index is -4.59. The zero-order valence-electron chi connectivity index (χ0n) is 27.5. The summed E-state index contributed by atoms with van der Waals surface area (Å²) in [6.07, 6.45) is -1.94. The maximum absolute atomic E-state index is 14.1. The molecule has 0 aliphatic carbocycles. The van der Waals surface area contributed by atoms with E-state index in [1.54, 1.807) is 30.7 Å². The zero-order chi connectivity index (χ0) is 35.0. The lowest BCUT2D eigenvalue weighted by Crippen LogP contribution is -2.53. The summed E-state index contributed by atoms with van der Waals surface area (Å²) < 4.78 is 44.1. The van der Waals surface area contributed by atoms with Crippen molar-refractivity contribution in [3.05, 3.63) is 119 Å². The van der Waals surface area contributed by atoms with E-state index < -0.39 is 23.8 Å². The third kappa shape index (κ3) is 9.52. The molecule has 4 rings (SSSR count). The van der Waals surface area contributed by atoms with Gasteiger partial charge in [-0.3, -0.25) is 4.79 Å². The van der Waals surface area contributed by atoms with Crippen LogP contribution in [0.25, 0.3) is 0 Å². The van der Waals surface area contributed by atoms with Crippen molar-refractivity contribution in [2.24, 2.45) is 17.6 Å². The highest BCUT2D eigenvalue weighted by atomic mass is 32.1. The molecule has 3 aromatic carbocycles. The van der Waals surface area contributed by atoms with E-state index in [0.29, 0.717) is 35.8 Å². The first-order chi connectivity index (χ1) is 22.8. The van der Waals surface area contributed by atoms with E-state index in [0.717, 1.165) is 17.2 Å². The number of halogens is 3. The van der Waals surface area contributed by atoms with E-state index in [1.807, 2.05) is 54.8 Å². The average molecular weight is 675 g/mol. The summed E-state index contributed by atoms with van der Waals surface area (Å²) in [5, 5.41) is 12.4. The van der Waals surface area contributed by atoms with Gasteiger partial charge in [0.25, 0.3) is 0 Å². The number of hydrogen-bond acceptors (Lipinski definition) is 5. The zero-order valence-corrected chi connectivity index (χ0v) is 28.4. The molecular weight excluding hydrogens is 634 g/mol. The monoisotopic (exact) mass is 674 g/mol. The molecule has 48 heavy (non-hydrogen) atoms. The van der Waals surface area contributed by atoms with Gasteiger partial charge in [0.15, 0.2) is 5.11 Å². The fourth-order valence-electron chi connectivity index (χ4n) is 5.59. The number of benzene rings is 3. The van der Waals surface area contributed by atoms with Gasteiger partial charge in [0.1, 0.15) is 5.78 Å². The van der Waals surface area contributed by atoms with Crippen molar-refractivity contribution in [1.29, 1.82) is 5.26 Å². The summed E-state index contributed by atoms with van der Waals surface area (Å²) >= 11 is 5.81. The highest BCUT2D eigenvalue weighted by Gasteiger charge is 2.36. The Morgan fingerprint density at radius 1 is 1.04 bits per heavy atom. The van der Waals surface area contributed by atoms with Crippen LogP contribution in [0, 0.1) is 23.2 Å². The first-order valence-electron chi connectivity index (χ1n) is 15.9. The molecular formula is C37H41F3N6OS. The molecule has 2 atom stereocenters. The first kappa shape index (κ1) is 36.3. The molecule has 0 saturated carbocycles. The number of nitriles is 1. The molecule has 1 heterocycles. The van der Waals surface area contributed by atoms with Crippen molar-refractivity contribution >= 4 is 28.8 Å². The number of nitrogens with zero attached hydrogens (tertiary/aromatic N) is 4. The molecule has 3 N–H and O–H groups in total. The smallest absolute Gasteiger partial charge is 0.333 e. The molecule has 0 aliphatic heterocycles. The lowest BCUT2D eigenvalue weighted by molar-refractivity contribution is -0.138. The molecule has 252 valence electrons. The number of nitrogens with two attached hydrogens (primary N) is 1. The minimum Gasteiger partial charge on any atom is -0.333 e. The SMILES string of the molecule is CC(C)C[C@H](C(=O)Cc1cncn1Cc1ccc(C#N)cc1)C(N)N(Cc1ccccc1C(F)(F)F)C(=S)Nc1ccc(C(C)C)cc1. The fourth-order valence-corrected chi connectivity index (χ4v) is 5.90. The van der Waals surface area contributed by atoms with Crippen LogP contribution in [0.4, 0.5) is 18.9 Å². The van der Waals surface area contributed by atoms with Crippen LogP contribution >= 0.6 is 12.2 Å². The van der Waals surface area contributed by atoms with Gasteiger partial charge in [0.2, 0.25) is 0 Å². The fraction of sp³-hybridized carbons (Fsp3) is 0.351. The Balaban J connectivity index is 1.64. The van der Waals surface area contributed by atoms with Gasteiger partial charge in [-0.05, 0) is 77.5 Å². The van der Waals surface area contributed by atoms with Crippen LogP contribution < -0.4 is 11.1 Å². The van der Waals surface area contributed by atoms with Gasteiger partial charge >= 0.3 is 6.18 Å². The third-order valence-corrected chi connectivity index (χ3v) is 8.59. The van der Waals surface area contributed by atoms with Gasteiger partial charge in [-0.25, -0.2) is 4.98 Å². The number of thiocarbonyl (C=S) groups is 1. The molecule has 0 spiro atoms. The Bertz CT molecular complexity index is 1730. The minimum absolute atomic E-state index is 0.00371. The summed E-state index contributed by atoms with van der Waals surface area (Å²) in [6, 6.07) is 22.2. The lowest BCUT2D eigenvalue weighted by Gasteiger charge is -2.37. The van der Waals surface area contributed by atoms with E-state index in [1.165, 1.54) is 17.0 Å². The van der Waals surface area contributed by atoms with Gasteiger partial charge in [-0.1, -0.05) is 70.2 Å². The highest BCUT2D eigenvalue weighted by molar-refractivity contribution is 7.80. The summed E-state index contributed by atoms with van der Waals surface area (Å²) in [5.41, 5.74) is 10.0. The Labute approximate surface area is 285 Å². The number of carbonyl (C=O) groups is 1. The maximum atomic E-state index is 14.1. The molecule has 1 unspecified atom stereocenters. The number of aromatic nitrogens is 2. The molecule has 0 amide bonds. The van der Waals surface area contributed by atoms with E-state index in [-0.39, 0.29) is 35.3 Å². The third-order valence-electron chi connectivity index (χ3n) is 8.25. The van der Waals surface area contributed by atoms with Gasteiger partial charge in [-0.15, -0.1) is 0 Å². The Morgan fingerprint density at radius 3 is 2.31 bits per heavy atom. The Kier molecular flexibility index (Phi) is 12.1. The van der Waals surface area contributed by atoms with Crippen molar-refractivity contribution in [2.45, 2.75) is 71.9 Å². The average Bonchev–Trinajstić information content (AvgIpc) is 3.48. The highest BCUT2D eigenvalue weighted by Crippen LogP contribution is 2.33. The molecule has 0 saturated heterocycles. The first-order valence-corrected chi connectivity index (χ1v) is 16.3. The Morgan fingerprint density at radius 2 is 1.71 bits per heavy atom. The van der Waals surface area contributed by atoms with Crippen molar-refractivity contribution in [3.8, 4) is 6.07 Å². The van der Waals surface area contributed by atoms with E-state index in [4.69, 9.17) is 23.2 Å². The van der Waals surface area contributed by atoms with Crippen molar-refractivity contribution in [3.63, 3.8) is 0 Å². The predicted octanol–water partition coefficient (Wildman–Crippen LogP) is 7.90. The molecule has 7 nitrogen and oxygen atoms in total. The van der Waals surface area contributed by atoms with Crippen molar-refractivity contribution in [1.82, 2.24) is 14.5 Å². The molecule has 4 aromatic rings. The summed E-state index contributed by atoms with van der Waals surface area (Å²) in [6.45, 7) is 8.29. The summed E-state index contributed by atoms with van der Waals surface area (Å²) in [4.78, 5) is 19.9. The van der Waals surface area contributed by atoms with Crippen molar-refractivity contribution < 1.29 is 18.0 Å². The second kappa shape index (κ2) is 16.0. The molecule has 0 aliphatic rings. The number of imidazole rings is 1. The van der Waals surface area contributed by atoms with E-state index in [2.05, 4.69) is 30.2 Å². The van der Waals surface area contributed by atoms with Crippen LogP contribution in [0.5, 0.6) is 0 Å². The van der Waals surface area contributed by atoms with Crippen LogP contribution in [0.1, 0.15) is 73.5 Å². The largest absolute Gasteiger partial charge is 0.416 e. The number of carbonyl (C=O) groups excluding carboxylic acids is 1. The van der Waals surface area contributed by atoms with Gasteiger partial charge in [-0.2, -0.15) is 18.4 Å². The number of Topliss-reactive ketones (excluding diaryl/α,β-unsaturated/α-hetero) is 1. The van der Waals surface area contributed by atoms with Gasteiger partial charge in [0.05, 0.1) is 35.6 Å². The van der Waals surface area contributed by atoms with Crippen LogP contribution in [0.2, 0.25) is 0 Å². The maximum Gasteiger partial charge on any atom is 0.416 e. The van der Waals surface area contributed by atoms with Crippen LogP contribution in [-0.4, -0.2) is 31.5 Å². The second-order valence-corrected chi connectivity index (χ2v) is 13.1. The topological polar surface area (TPSA) is 100.0 Å². The quantitative estimate of drug-likeness (QED) is 0.110. The number of ketones is 1. The molecule has 0 bridgehead atoms. The number of alkyl halides is 3. The predicted molar refractivity (Wildman–Crippen MR) is 186 cm³/mol. The number of nitrogens with one attached hydrogen (secondary N) is 1. The molecule has 11 heteroatoms. The summed E-state index contributed by atoms with van der Waals surface area (Å²) in [5.74, 6) is -0.554. The number of rotatable bonds is 13. The summed E-state index contributed by atoms with van der Waals surface area (Å²) in [7, 11) is 0. The van der Waals surface area contributed by atoms with Crippen LogP contribution in [-0.2, 0) is 30.5 Å². The van der Waals surface area contributed by atoms with E-state index in [9.17, 15) is 18.0 Å². The number of anilines is 1. The standard InChI is InChI=1S/C37H41F3N6OS/c1-24(2)17-32(34(47)18-31-20-43-23-45(31)21-27-11-9-26(19-41)10-12-27)35(42)46(22-29-7-5-6-8-33(29)37(38,39)40)36(48)44-30-15-13-28(14-16-30)25(3)4/h5-16,20,23-25,32,35H,17-18,21-22,42H2,1-4H3,(H,44,48)/t32-,35?/m1/s1. The molecule has 0 fully saturated rings. The normalized spacial score (nSPS) is 12.9. The van der Waals surface area contributed by atoms with Gasteiger partial charge in [0, 0.05) is 37.1 Å². The van der Waals surface area contributed by atoms with Crippen LogP contribution in [0.15, 0.2) is 85.3 Å².